The van der Waals surface area contributed by atoms with Gasteiger partial charge in [0.2, 0.25) is 6.79 Å². The number of Topliss-reactive ketones (excluding diaryl/α,β-unsaturated/α-hetero) is 1. The van der Waals surface area contributed by atoms with Gasteiger partial charge in [0, 0.05) is 18.2 Å². The molecule has 1 heterocycles. The number of hydrogen-bond acceptors (Lipinski definition) is 4. The molecule has 2 rings (SSSR count). The molecule has 4 heteroatoms. The van der Waals surface area contributed by atoms with Crippen LogP contribution in [-0.4, -0.2) is 18.8 Å². The molecule has 0 aliphatic carbocycles. The molecule has 0 unspecified atom stereocenters. The molecule has 1 aromatic carbocycles. The summed E-state index contributed by atoms with van der Waals surface area (Å²) in [7, 11) is 0. The van der Waals surface area contributed by atoms with Crippen molar-refractivity contribution in [1.29, 1.82) is 5.41 Å². The highest BCUT2D eigenvalue weighted by molar-refractivity contribution is 6.03. The molecular formula is C10H9NO3. The predicted molar refractivity (Wildman–Crippen MR) is 50.3 cm³/mol. The quantitative estimate of drug-likeness (QED) is 0.583. The van der Waals surface area contributed by atoms with Crippen LogP contribution in [0.3, 0.4) is 0 Å². The van der Waals surface area contributed by atoms with E-state index in [1.807, 2.05) is 0 Å². The van der Waals surface area contributed by atoms with Crippen molar-refractivity contribution in [2.24, 2.45) is 0 Å². The lowest BCUT2D eigenvalue weighted by molar-refractivity contribution is 0.100. The van der Waals surface area contributed by atoms with Crippen molar-refractivity contribution in [3.8, 4) is 11.5 Å². The number of ketones is 1. The molecule has 1 aliphatic heterocycles. The van der Waals surface area contributed by atoms with Gasteiger partial charge in [-0.2, -0.15) is 0 Å². The van der Waals surface area contributed by atoms with Gasteiger partial charge in [-0.3, -0.25) is 4.79 Å². The highest BCUT2D eigenvalue weighted by atomic mass is 16.7. The summed E-state index contributed by atoms with van der Waals surface area (Å²) in [5.41, 5.74) is 0.553. The minimum atomic E-state index is -0.0849. The van der Waals surface area contributed by atoms with Gasteiger partial charge in [0.15, 0.2) is 17.3 Å². The van der Waals surface area contributed by atoms with Crippen LogP contribution in [0.2, 0.25) is 0 Å². The van der Waals surface area contributed by atoms with Gasteiger partial charge in [0.05, 0.1) is 0 Å². The Morgan fingerprint density at radius 3 is 3.00 bits per heavy atom. The molecule has 1 aliphatic rings. The van der Waals surface area contributed by atoms with Crippen LogP contribution in [-0.2, 0) is 0 Å². The SMILES string of the molecule is N=CCC(=O)c1ccc2c(c1)OCO2. The van der Waals surface area contributed by atoms with Gasteiger partial charge in [0.1, 0.15) is 0 Å². The van der Waals surface area contributed by atoms with Gasteiger partial charge in [0.25, 0.3) is 0 Å². The van der Waals surface area contributed by atoms with Crippen molar-refractivity contribution in [3.63, 3.8) is 0 Å². The van der Waals surface area contributed by atoms with E-state index in [0.29, 0.717) is 17.1 Å². The predicted octanol–water partition coefficient (Wildman–Crippen LogP) is 1.64. The van der Waals surface area contributed by atoms with Crippen molar-refractivity contribution in [1.82, 2.24) is 0 Å². The molecule has 0 saturated heterocycles. The normalized spacial score (nSPS) is 12.6. The summed E-state index contributed by atoms with van der Waals surface area (Å²) in [4.78, 5) is 11.4. The zero-order valence-electron chi connectivity index (χ0n) is 7.45. The van der Waals surface area contributed by atoms with Gasteiger partial charge in [-0.15, -0.1) is 0 Å². The van der Waals surface area contributed by atoms with Gasteiger partial charge in [-0.25, -0.2) is 0 Å². The molecular weight excluding hydrogens is 182 g/mol. The second-order valence-electron chi connectivity index (χ2n) is 2.90. The van der Waals surface area contributed by atoms with Crippen LogP contribution in [0.5, 0.6) is 11.5 Å². The van der Waals surface area contributed by atoms with Crippen LogP contribution >= 0.6 is 0 Å². The van der Waals surface area contributed by atoms with Gasteiger partial charge < -0.3 is 14.9 Å². The zero-order chi connectivity index (χ0) is 9.97. The second kappa shape index (κ2) is 3.49. The fraction of sp³-hybridized carbons (Fsp3) is 0.200. The van der Waals surface area contributed by atoms with E-state index < -0.39 is 0 Å². The molecule has 0 spiro atoms. The molecule has 0 bridgehead atoms. The third-order valence-corrected chi connectivity index (χ3v) is 1.98. The molecule has 14 heavy (non-hydrogen) atoms. The average molecular weight is 191 g/mol. The van der Waals surface area contributed by atoms with E-state index in [2.05, 4.69) is 0 Å². The summed E-state index contributed by atoms with van der Waals surface area (Å²) >= 11 is 0. The Balaban J connectivity index is 2.28. The highest BCUT2D eigenvalue weighted by Gasteiger charge is 2.15. The Hall–Kier alpha value is -1.84. The van der Waals surface area contributed by atoms with E-state index in [0.717, 1.165) is 6.21 Å². The number of carbonyl (C=O) groups excluding carboxylic acids is 1. The fourth-order valence-corrected chi connectivity index (χ4v) is 1.28. The molecule has 0 atom stereocenters. The molecule has 0 radical (unpaired) electrons. The van der Waals surface area contributed by atoms with E-state index in [1.165, 1.54) is 0 Å². The van der Waals surface area contributed by atoms with Crippen molar-refractivity contribution < 1.29 is 14.3 Å². The van der Waals surface area contributed by atoms with Gasteiger partial charge >= 0.3 is 0 Å². The van der Waals surface area contributed by atoms with Crippen LogP contribution in [0.4, 0.5) is 0 Å². The van der Waals surface area contributed by atoms with Crippen molar-refractivity contribution >= 4 is 12.0 Å². The Kier molecular flexibility index (Phi) is 2.18. The third kappa shape index (κ3) is 1.46. The number of fused-ring (bicyclic) bond motifs is 1. The van der Waals surface area contributed by atoms with Gasteiger partial charge in [-0.1, -0.05) is 0 Å². The lowest BCUT2D eigenvalue weighted by Crippen LogP contribution is -1.98. The summed E-state index contributed by atoms with van der Waals surface area (Å²) in [6, 6.07) is 5.03. The number of nitrogens with one attached hydrogen (secondary N) is 1. The first-order chi connectivity index (χ1) is 6.81. The Morgan fingerprint density at radius 2 is 2.21 bits per heavy atom. The Morgan fingerprint density at radius 1 is 1.43 bits per heavy atom. The minimum Gasteiger partial charge on any atom is -0.454 e. The number of ether oxygens (including phenoxy) is 2. The van der Waals surface area contributed by atoms with Crippen LogP contribution in [0, 0.1) is 5.41 Å². The average Bonchev–Trinajstić information content (AvgIpc) is 2.64. The smallest absolute Gasteiger partial charge is 0.231 e. The maximum absolute atomic E-state index is 11.4. The van der Waals surface area contributed by atoms with E-state index in [-0.39, 0.29) is 19.0 Å². The molecule has 1 N–H and O–H groups in total. The summed E-state index contributed by atoms with van der Waals surface area (Å²) in [5.74, 6) is 1.18. The first-order valence-electron chi connectivity index (χ1n) is 4.23. The molecule has 0 fully saturated rings. The maximum atomic E-state index is 11.4. The van der Waals surface area contributed by atoms with E-state index in [4.69, 9.17) is 14.9 Å². The van der Waals surface area contributed by atoms with Crippen LogP contribution in [0.25, 0.3) is 0 Å². The van der Waals surface area contributed by atoms with Crippen molar-refractivity contribution in [2.45, 2.75) is 6.42 Å². The van der Waals surface area contributed by atoms with E-state index in [9.17, 15) is 4.79 Å². The largest absolute Gasteiger partial charge is 0.454 e. The standard InChI is InChI=1S/C10H9NO3/c11-4-3-8(12)7-1-2-9-10(5-7)14-6-13-9/h1-2,4-5,11H,3,6H2. The van der Waals surface area contributed by atoms with Crippen LogP contribution < -0.4 is 9.47 Å². The molecule has 0 saturated carbocycles. The number of hydrogen-bond donors (Lipinski definition) is 1. The highest BCUT2D eigenvalue weighted by Crippen LogP contribution is 2.32. The van der Waals surface area contributed by atoms with Crippen LogP contribution in [0.1, 0.15) is 16.8 Å². The Bertz CT molecular complexity index is 387. The molecule has 72 valence electrons. The number of benzene rings is 1. The number of carbonyl (C=O) groups is 1. The summed E-state index contributed by atoms with van der Waals surface area (Å²) in [6.07, 6.45) is 1.21. The summed E-state index contributed by atoms with van der Waals surface area (Å²) < 4.78 is 10.3. The molecule has 4 nitrogen and oxygen atoms in total. The zero-order valence-corrected chi connectivity index (χ0v) is 7.45. The topological polar surface area (TPSA) is 59.4 Å². The fourth-order valence-electron chi connectivity index (χ4n) is 1.28. The van der Waals surface area contributed by atoms with Crippen molar-refractivity contribution in [2.75, 3.05) is 6.79 Å². The van der Waals surface area contributed by atoms with Crippen LogP contribution in [0.15, 0.2) is 18.2 Å². The lowest BCUT2D eigenvalue weighted by atomic mass is 10.1. The van der Waals surface area contributed by atoms with Crippen molar-refractivity contribution in [3.05, 3.63) is 23.8 Å². The molecule has 0 amide bonds. The minimum absolute atomic E-state index is 0.0849. The van der Waals surface area contributed by atoms with Gasteiger partial charge in [-0.05, 0) is 18.2 Å². The molecule has 0 aromatic heterocycles. The summed E-state index contributed by atoms with van der Waals surface area (Å²) in [5, 5.41) is 6.83. The lowest BCUT2D eigenvalue weighted by Gasteiger charge is -1.99. The van der Waals surface area contributed by atoms with E-state index in [1.54, 1.807) is 18.2 Å². The van der Waals surface area contributed by atoms with E-state index >= 15 is 0 Å². The monoisotopic (exact) mass is 191 g/mol. The third-order valence-electron chi connectivity index (χ3n) is 1.98. The Labute approximate surface area is 81.0 Å². The first-order valence-corrected chi connectivity index (χ1v) is 4.23. The molecule has 1 aromatic rings. The summed E-state index contributed by atoms with van der Waals surface area (Å²) in [6.45, 7) is 0.206. The second-order valence-corrected chi connectivity index (χ2v) is 2.90. The first kappa shape index (κ1) is 8.74. The number of rotatable bonds is 3. The maximum Gasteiger partial charge on any atom is 0.231 e.